The third kappa shape index (κ3) is 3.14. The summed E-state index contributed by atoms with van der Waals surface area (Å²) in [7, 11) is 3.59. The molecular formula is C14H14N4O3. The van der Waals surface area contributed by atoms with Crippen LogP contribution in [0.3, 0.4) is 0 Å². The van der Waals surface area contributed by atoms with Crippen molar-refractivity contribution in [2.24, 2.45) is 0 Å². The number of carbonyl (C=O) groups excluding carboxylic acids is 1. The first-order valence-corrected chi connectivity index (χ1v) is 6.18. The van der Waals surface area contributed by atoms with E-state index in [0.717, 1.165) is 0 Å². The number of para-hydroxylation sites is 1. The van der Waals surface area contributed by atoms with Gasteiger partial charge in [-0.3, -0.25) is 14.9 Å². The maximum Gasteiger partial charge on any atom is 0.282 e. The lowest BCUT2D eigenvalue weighted by Crippen LogP contribution is -2.18. The summed E-state index contributed by atoms with van der Waals surface area (Å²) >= 11 is 0. The van der Waals surface area contributed by atoms with Gasteiger partial charge >= 0.3 is 0 Å². The molecule has 1 aromatic heterocycles. The molecule has 1 N–H and O–H groups in total. The Kier molecular flexibility index (Phi) is 4.13. The van der Waals surface area contributed by atoms with Crippen LogP contribution in [-0.4, -0.2) is 29.9 Å². The average molecular weight is 286 g/mol. The zero-order valence-electron chi connectivity index (χ0n) is 11.6. The van der Waals surface area contributed by atoms with Crippen LogP contribution in [0.25, 0.3) is 0 Å². The molecule has 1 amide bonds. The second-order valence-electron chi connectivity index (χ2n) is 4.50. The summed E-state index contributed by atoms with van der Waals surface area (Å²) in [5, 5.41) is 13.6. The molecule has 2 rings (SSSR count). The van der Waals surface area contributed by atoms with Gasteiger partial charge in [-0.2, -0.15) is 0 Å². The number of anilines is 2. The van der Waals surface area contributed by atoms with E-state index in [-0.39, 0.29) is 11.3 Å². The van der Waals surface area contributed by atoms with E-state index >= 15 is 0 Å². The first-order valence-electron chi connectivity index (χ1n) is 6.18. The van der Waals surface area contributed by atoms with Gasteiger partial charge in [-0.1, -0.05) is 12.1 Å². The fraction of sp³-hybridized carbons (Fsp3) is 0.143. The van der Waals surface area contributed by atoms with Gasteiger partial charge in [-0.05, 0) is 18.2 Å². The fourth-order valence-corrected chi connectivity index (χ4v) is 1.87. The number of benzene rings is 1. The van der Waals surface area contributed by atoms with Crippen LogP contribution in [0.4, 0.5) is 17.2 Å². The van der Waals surface area contributed by atoms with Crippen molar-refractivity contribution in [3.8, 4) is 0 Å². The van der Waals surface area contributed by atoms with E-state index in [2.05, 4.69) is 10.3 Å². The molecule has 0 aliphatic rings. The highest BCUT2D eigenvalue weighted by atomic mass is 16.6. The van der Waals surface area contributed by atoms with Gasteiger partial charge in [0.15, 0.2) is 5.82 Å². The van der Waals surface area contributed by atoms with E-state index in [1.807, 2.05) is 0 Å². The predicted octanol–water partition coefficient (Wildman–Crippen LogP) is 2.31. The number of nitrogens with zero attached hydrogens (tertiary/aromatic N) is 3. The lowest BCUT2D eigenvalue weighted by Gasteiger charge is -2.16. The van der Waals surface area contributed by atoms with E-state index in [9.17, 15) is 14.9 Å². The van der Waals surface area contributed by atoms with Crippen molar-refractivity contribution in [1.29, 1.82) is 0 Å². The summed E-state index contributed by atoms with van der Waals surface area (Å²) < 4.78 is 0. The Morgan fingerprint density at radius 3 is 2.62 bits per heavy atom. The monoisotopic (exact) mass is 286 g/mol. The van der Waals surface area contributed by atoms with Crippen LogP contribution in [0.15, 0.2) is 42.6 Å². The lowest BCUT2D eigenvalue weighted by molar-refractivity contribution is -0.385. The third-order valence-electron chi connectivity index (χ3n) is 2.80. The number of nitro groups is 1. The zero-order chi connectivity index (χ0) is 15.4. The van der Waals surface area contributed by atoms with E-state index in [4.69, 9.17) is 0 Å². The van der Waals surface area contributed by atoms with Crippen LogP contribution in [0.2, 0.25) is 0 Å². The number of rotatable bonds is 4. The molecule has 108 valence electrons. The Bertz CT molecular complexity index is 685. The molecule has 0 fully saturated rings. The van der Waals surface area contributed by atoms with Crippen molar-refractivity contribution in [3.05, 3.63) is 58.3 Å². The molecule has 0 saturated heterocycles. The van der Waals surface area contributed by atoms with Crippen molar-refractivity contribution in [3.63, 3.8) is 0 Å². The molecule has 0 unspecified atom stereocenters. The maximum absolute atomic E-state index is 12.3. The van der Waals surface area contributed by atoms with Gasteiger partial charge in [0.2, 0.25) is 0 Å². The summed E-state index contributed by atoms with van der Waals surface area (Å²) in [6, 6.07) is 9.18. The van der Waals surface area contributed by atoms with E-state index < -0.39 is 10.8 Å². The normalized spacial score (nSPS) is 10.0. The number of carbonyl (C=O) groups is 1. The van der Waals surface area contributed by atoms with Crippen molar-refractivity contribution in [1.82, 2.24) is 4.98 Å². The Hall–Kier alpha value is -2.96. The van der Waals surface area contributed by atoms with Gasteiger partial charge in [0, 0.05) is 26.4 Å². The highest BCUT2D eigenvalue weighted by Gasteiger charge is 2.20. The van der Waals surface area contributed by atoms with Gasteiger partial charge in [-0.25, -0.2) is 4.98 Å². The minimum Gasteiger partial charge on any atom is -0.361 e. The quantitative estimate of drug-likeness (QED) is 0.688. The predicted molar refractivity (Wildman–Crippen MR) is 79.6 cm³/mol. The van der Waals surface area contributed by atoms with Crippen LogP contribution >= 0.6 is 0 Å². The highest BCUT2D eigenvalue weighted by Crippen LogP contribution is 2.23. The van der Waals surface area contributed by atoms with Crippen molar-refractivity contribution >= 4 is 23.1 Å². The standard InChI is InChI=1S/C14H14N4O3/c1-17(2)13-11(7-5-9-15-13)16-14(19)10-6-3-4-8-12(10)18(20)21/h3-9H,1-2H3,(H,16,19). The maximum atomic E-state index is 12.3. The Morgan fingerprint density at radius 2 is 1.95 bits per heavy atom. The second-order valence-corrected chi connectivity index (χ2v) is 4.50. The molecule has 0 spiro atoms. The summed E-state index contributed by atoms with van der Waals surface area (Å²) in [6.07, 6.45) is 1.61. The Morgan fingerprint density at radius 1 is 1.24 bits per heavy atom. The number of hydrogen-bond donors (Lipinski definition) is 1. The van der Waals surface area contributed by atoms with Gasteiger partial charge < -0.3 is 10.2 Å². The Balaban J connectivity index is 2.33. The number of hydrogen-bond acceptors (Lipinski definition) is 5. The fourth-order valence-electron chi connectivity index (χ4n) is 1.87. The molecule has 2 aromatic rings. The summed E-state index contributed by atoms with van der Waals surface area (Å²) in [6.45, 7) is 0. The highest BCUT2D eigenvalue weighted by molar-refractivity contribution is 6.08. The first kappa shape index (κ1) is 14.4. The average Bonchev–Trinajstić information content (AvgIpc) is 2.47. The van der Waals surface area contributed by atoms with E-state index in [1.165, 1.54) is 18.2 Å². The van der Waals surface area contributed by atoms with E-state index in [0.29, 0.717) is 11.5 Å². The summed E-state index contributed by atoms with van der Waals surface area (Å²) in [5.74, 6) is 0.0304. The minimum absolute atomic E-state index is 0.0102. The third-order valence-corrected chi connectivity index (χ3v) is 2.80. The molecule has 7 heteroatoms. The topological polar surface area (TPSA) is 88.4 Å². The van der Waals surface area contributed by atoms with Crippen LogP contribution < -0.4 is 10.2 Å². The largest absolute Gasteiger partial charge is 0.361 e. The van der Waals surface area contributed by atoms with E-state index in [1.54, 1.807) is 43.4 Å². The SMILES string of the molecule is CN(C)c1ncccc1NC(=O)c1ccccc1[N+](=O)[O-]. The Labute approximate surface area is 121 Å². The second kappa shape index (κ2) is 6.00. The lowest BCUT2D eigenvalue weighted by atomic mass is 10.1. The van der Waals surface area contributed by atoms with Crippen LogP contribution in [0, 0.1) is 10.1 Å². The van der Waals surface area contributed by atoms with Crippen LogP contribution in [0.5, 0.6) is 0 Å². The molecule has 0 aliphatic carbocycles. The van der Waals surface area contributed by atoms with Crippen LogP contribution in [0.1, 0.15) is 10.4 Å². The van der Waals surface area contributed by atoms with Crippen LogP contribution in [-0.2, 0) is 0 Å². The number of pyridine rings is 1. The number of amides is 1. The molecule has 7 nitrogen and oxygen atoms in total. The molecule has 0 atom stereocenters. The number of aromatic nitrogens is 1. The van der Waals surface area contributed by atoms with Crippen molar-refractivity contribution in [2.45, 2.75) is 0 Å². The molecule has 0 radical (unpaired) electrons. The molecule has 0 bridgehead atoms. The minimum atomic E-state index is -0.578. The van der Waals surface area contributed by atoms with Gasteiger partial charge in [-0.15, -0.1) is 0 Å². The molecule has 0 aliphatic heterocycles. The van der Waals surface area contributed by atoms with Gasteiger partial charge in [0.05, 0.1) is 10.6 Å². The van der Waals surface area contributed by atoms with Crippen molar-refractivity contribution in [2.75, 3.05) is 24.3 Å². The van der Waals surface area contributed by atoms with Crippen molar-refractivity contribution < 1.29 is 9.72 Å². The number of nitrogens with one attached hydrogen (secondary N) is 1. The van der Waals surface area contributed by atoms with Gasteiger partial charge in [0.25, 0.3) is 11.6 Å². The van der Waals surface area contributed by atoms with Gasteiger partial charge in [0.1, 0.15) is 5.56 Å². The summed E-state index contributed by atoms with van der Waals surface area (Å²) in [4.78, 5) is 28.5. The molecule has 1 aromatic carbocycles. The zero-order valence-corrected chi connectivity index (χ0v) is 11.6. The number of nitro benzene ring substituents is 1. The summed E-state index contributed by atoms with van der Waals surface area (Å²) in [5.41, 5.74) is 0.270. The molecular weight excluding hydrogens is 272 g/mol. The molecule has 0 saturated carbocycles. The molecule has 1 heterocycles. The molecule has 21 heavy (non-hydrogen) atoms. The first-order chi connectivity index (χ1) is 10.0. The smallest absolute Gasteiger partial charge is 0.282 e.